The first kappa shape index (κ1) is 19.7. The van der Waals surface area contributed by atoms with Crippen LogP contribution in [-0.2, 0) is 27.4 Å². The van der Waals surface area contributed by atoms with Crippen molar-refractivity contribution in [3.05, 3.63) is 30.1 Å². The van der Waals surface area contributed by atoms with Gasteiger partial charge in [0, 0.05) is 24.8 Å². The van der Waals surface area contributed by atoms with E-state index in [1.165, 1.54) is 0 Å². The van der Waals surface area contributed by atoms with Crippen LogP contribution >= 0.6 is 0 Å². The molecule has 0 unspecified atom stereocenters. The monoisotopic (exact) mass is 412 g/mol. The van der Waals surface area contributed by atoms with Crippen molar-refractivity contribution < 1.29 is 19.3 Å². The Morgan fingerprint density at radius 1 is 1.13 bits per heavy atom. The lowest BCUT2D eigenvalue weighted by molar-refractivity contribution is -0.204. The molecule has 1 saturated carbocycles. The SMILES string of the molecule is CCOCc1nc2c(N)nc3ccccc3c2n1CC1(O)CCC2(CC1)OCCO2. The number of pyridine rings is 1. The van der Waals surface area contributed by atoms with Gasteiger partial charge in [-0.2, -0.15) is 0 Å². The zero-order valence-corrected chi connectivity index (χ0v) is 17.3. The third kappa shape index (κ3) is 3.33. The number of hydrogen-bond acceptors (Lipinski definition) is 7. The highest BCUT2D eigenvalue weighted by atomic mass is 16.7. The highest BCUT2D eigenvalue weighted by molar-refractivity contribution is 6.06. The molecule has 2 fully saturated rings. The normalized spacial score (nSPS) is 20.5. The molecule has 0 amide bonds. The van der Waals surface area contributed by atoms with E-state index in [1.54, 1.807) is 0 Å². The molecule has 30 heavy (non-hydrogen) atoms. The van der Waals surface area contributed by atoms with Gasteiger partial charge in [0.05, 0.1) is 36.4 Å². The number of para-hydroxylation sites is 1. The van der Waals surface area contributed by atoms with Crippen LogP contribution in [0.1, 0.15) is 38.4 Å². The second-order valence-corrected chi connectivity index (χ2v) is 8.29. The van der Waals surface area contributed by atoms with Gasteiger partial charge in [0.2, 0.25) is 0 Å². The molecule has 1 aromatic carbocycles. The minimum absolute atomic E-state index is 0.352. The van der Waals surface area contributed by atoms with Crippen LogP contribution in [0.25, 0.3) is 21.9 Å². The zero-order chi connectivity index (χ0) is 20.8. The summed E-state index contributed by atoms with van der Waals surface area (Å²) in [5.41, 5.74) is 7.74. The van der Waals surface area contributed by atoms with E-state index < -0.39 is 11.4 Å². The van der Waals surface area contributed by atoms with Crippen LogP contribution in [0.15, 0.2) is 24.3 Å². The fourth-order valence-corrected chi connectivity index (χ4v) is 4.71. The van der Waals surface area contributed by atoms with Crippen LogP contribution in [0, 0.1) is 0 Å². The molecule has 0 atom stereocenters. The molecule has 3 aromatic rings. The van der Waals surface area contributed by atoms with E-state index in [0.29, 0.717) is 70.0 Å². The Balaban J connectivity index is 1.56. The first-order valence-electron chi connectivity index (χ1n) is 10.6. The number of hydrogen-bond donors (Lipinski definition) is 2. The minimum Gasteiger partial charge on any atom is -0.388 e. The van der Waals surface area contributed by atoms with Gasteiger partial charge in [0.1, 0.15) is 17.9 Å². The van der Waals surface area contributed by atoms with Crippen molar-refractivity contribution in [3.8, 4) is 0 Å². The number of anilines is 1. The number of ether oxygens (including phenoxy) is 3. The van der Waals surface area contributed by atoms with Crippen molar-refractivity contribution >= 4 is 27.8 Å². The van der Waals surface area contributed by atoms with Gasteiger partial charge in [0.15, 0.2) is 11.6 Å². The number of rotatable bonds is 5. The summed E-state index contributed by atoms with van der Waals surface area (Å²) in [7, 11) is 0. The molecule has 3 N–H and O–H groups in total. The summed E-state index contributed by atoms with van der Waals surface area (Å²) < 4.78 is 19.4. The van der Waals surface area contributed by atoms with E-state index in [9.17, 15) is 5.11 Å². The molecule has 5 rings (SSSR count). The molecule has 0 radical (unpaired) electrons. The van der Waals surface area contributed by atoms with Crippen LogP contribution < -0.4 is 5.73 Å². The van der Waals surface area contributed by atoms with E-state index in [2.05, 4.69) is 9.55 Å². The molecule has 2 aliphatic rings. The van der Waals surface area contributed by atoms with Crippen LogP contribution in [-0.4, -0.2) is 50.9 Å². The second-order valence-electron chi connectivity index (χ2n) is 8.29. The number of aromatic nitrogens is 3. The Hall–Kier alpha value is -2.26. The molecule has 8 nitrogen and oxygen atoms in total. The lowest BCUT2D eigenvalue weighted by atomic mass is 9.81. The van der Waals surface area contributed by atoms with E-state index in [0.717, 1.165) is 22.2 Å². The van der Waals surface area contributed by atoms with Gasteiger partial charge in [-0.05, 0) is 25.8 Å². The topological polar surface area (TPSA) is 105 Å². The van der Waals surface area contributed by atoms with Gasteiger partial charge < -0.3 is 29.6 Å². The summed E-state index contributed by atoms with van der Waals surface area (Å²) in [5.74, 6) is 0.625. The van der Waals surface area contributed by atoms with Crippen molar-refractivity contribution in [1.82, 2.24) is 14.5 Å². The predicted octanol–water partition coefficient (Wildman–Crippen LogP) is 2.75. The van der Waals surface area contributed by atoms with E-state index in [-0.39, 0.29) is 0 Å². The van der Waals surface area contributed by atoms with E-state index in [1.807, 2.05) is 31.2 Å². The smallest absolute Gasteiger partial charge is 0.168 e. The molecule has 2 aromatic heterocycles. The molecule has 1 spiro atoms. The number of benzene rings is 1. The Kier molecular flexibility index (Phi) is 4.89. The van der Waals surface area contributed by atoms with Crippen LogP contribution in [0.5, 0.6) is 0 Å². The Bertz CT molecular complexity index is 1060. The van der Waals surface area contributed by atoms with Gasteiger partial charge in [0.25, 0.3) is 0 Å². The van der Waals surface area contributed by atoms with Gasteiger partial charge in [-0.3, -0.25) is 0 Å². The van der Waals surface area contributed by atoms with Gasteiger partial charge in [-0.25, -0.2) is 9.97 Å². The van der Waals surface area contributed by atoms with Gasteiger partial charge >= 0.3 is 0 Å². The first-order valence-corrected chi connectivity index (χ1v) is 10.6. The number of nitrogens with zero attached hydrogens (tertiary/aromatic N) is 3. The van der Waals surface area contributed by atoms with Crippen molar-refractivity contribution in [1.29, 1.82) is 0 Å². The molecule has 0 bridgehead atoms. The van der Waals surface area contributed by atoms with Crippen molar-refractivity contribution in [3.63, 3.8) is 0 Å². The third-order valence-electron chi connectivity index (χ3n) is 6.33. The molecular weight excluding hydrogens is 384 g/mol. The van der Waals surface area contributed by atoms with Gasteiger partial charge in [-0.15, -0.1) is 0 Å². The summed E-state index contributed by atoms with van der Waals surface area (Å²) in [5, 5.41) is 12.5. The zero-order valence-electron chi connectivity index (χ0n) is 17.3. The fourth-order valence-electron chi connectivity index (χ4n) is 4.71. The maximum Gasteiger partial charge on any atom is 0.168 e. The second kappa shape index (κ2) is 7.46. The molecule has 1 saturated heterocycles. The van der Waals surface area contributed by atoms with Crippen LogP contribution in [0.4, 0.5) is 5.82 Å². The number of imidazole rings is 1. The molecule has 8 heteroatoms. The van der Waals surface area contributed by atoms with E-state index in [4.69, 9.17) is 24.9 Å². The number of nitrogens with two attached hydrogens (primary N) is 1. The lowest BCUT2D eigenvalue weighted by Gasteiger charge is -2.41. The summed E-state index contributed by atoms with van der Waals surface area (Å²) >= 11 is 0. The first-order chi connectivity index (χ1) is 14.5. The molecule has 1 aliphatic heterocycles. The Morgan fingerprint density at radius 2 is 1.87 bits per heavy atom. The van der Waals surface area contributed by atoms with E-state index >= 15 is 0 Å². The average molecular weight is 412 g/mol. The predicted molar refractivity (Wildman–Crippen MR) is 113 cm³/mol. The van der Waals surface area contributed by atoms with Gasteiger partial charge in [-0.1, -0.05) is 18.2 Å². The average Bonchev–Trinajstić information content (AvgIpc) is 3.35. The number of fused-ring (bicyclic) bond motifs is 3. The maximum absolute atomic E-state index is 11.5. The largest absolute Gasteiger partial charge is 0.388 e. The highest BCUT2D eigenvalue weighted by Gasteiger charge is 2.46. The fraction of sp³-hybridized carbons (Fsp3) is 0.545. The maximum atomic E-state index is 11.5. The summed E-state index contributed by atoms with van der Waals surface area (Å²) in [6.07, 6.45) is 2.56. The molecule has 3 heterocycles. The summed E-state index contributed by atoms with van der Waals surface area (Å²) in [6.45, 7) is 4.55. The van der Waals surface area contributed by atoms with Crippen LogP contribution in [0.2, 0.25) is 0 Å². The quantitative estimate of drug-likeness (QED) is 0.664. The molecular formula is C22H28N4O4. The minimum atomic E-state index is -0.881. The summed E-state index contributed by atoms with van der Waals surface area (Å²) in [6, 6.07) is 7.89. The third-order valence-corrected chi connectivity index (χ3v) is 6.33. The van der Waals surface area contributed by atoms with Crippen molar-refractivity contribution in [2.75, 3.05) is 25.6 Å². The van der Waals surface area contributed by atoms with Crippen molar-refractivity contribution in [2.45, 2.75) is 57.1 Å². The van der Waals surface area contributed by atoms with Crippen molar-refractivity contribution in [2.24, 2.45) is 0 Å². The Labute approximate surface area is 174 Å². The van der Waals surface area contributed by atoms with Crippen LogP contribution in [0.3, 0.4) is 0 Å². The number of aliphatic hydroxyl groups is 1. The summed E-state index contributed by atoms with van der Waals surface area (Å²) in [4.78, 5) is 9.27. The molecule has 160 valence electrons. The number of nitrogen functional groups attached to an aromatic ring is 1. The highest BCUT2D eigenvalue weighted by Crippen LogP contribution is 2.42. The molecule has 1 aliphatic carbocycles. The Morgan fingerprint density at radius 3 is 2.60 bits per heavy atom. The standard InChI is InChI=1S/C22H28N4O4/c1-2-28-13-17-25-18-19(15-5-3-4-6-16(15)24-20(18)23)26(17)14-21(27)7-9-22(10-8-21)29-11-12-30-22/h3-6,27H,2,7-14H2,1H3,(H2,23,24). The lowest BCUT2D eigenvalue weighted by Crippen LogP contribution is -2.46.